The monoisotopic (exact) mass is 249 g/mol. The van der Waals surface area contributed by atoms with Crippen molar-refractivity contribution >= 4 is 0 Å². The van der Waals surface area contributed by atoms with Crippen molar-refractivity contribution in [2.24, 2.45) is 0 Å². The number of aliphatic hydroxyl groups is 1. The van der Waals surface area contributed by atoms with E-state index in [1.807, 2.05) is 32.3 Å². The van der Waals surface area contributed by atoms with Crippen LogP contribution in [0.5, 0.6) is 0 Å². The van der Waals surface area contributed by atoms with Crippen LogP contribution in [0.3, 0.4) is 0 Å². The van der Waals surface area contributed by atoms with E-state index in [9.17, 15) is 5.11 Å². The Kier molecular flexibility index (Phi) is 4.32. The third kappa shape index (κ3) is 4.37. The fraction of sp³-hybridized carbons (Fsp3) is 0.643. The predicted octanol–water partition coefficient (Wildman–Crippen LogP) is 0.970. The van der Waals surface area contributed by atoms with Gasteiger partial charge in [0.25, 0.3) is 0 Å². The average Bonchev–Trinajstić information content (AvgIpc) is 2.31. The Hall–Kier alpha value is -0.970. The molecule has 0 aliphatic carbocycles. The lowest BCUT2D eigenvalue weighted by Crippen LogP contribution is -2.50. The summed E-state index contributed by atoms with van der Waals surface area (Å²) >= 11 is 0. The molecule has 1 aromatic heterocycles. The molecule has 0 radical (unpaired) electrons. The van der Waals surface area contributed by atoms with Crippen molar-refractivity contribution in [1.29, 1.82) is 0 Å². The average molecular weight is 249 g/mol. The van der Waals surface area contributed by atoms with Gasteiger partial charge in [0.05, 0.1) is 5.60 Å². The van der Waals surface area contributed by atoms with Gasteiger partial charge in [-0.1, -0.05) is 6.07 Å². The van der Waals surface area contributed by atoms with Gasteiger partial charge in [0, 0.05) is 51.7 Å². The summed E-state index contributed by atoms with van der Waals surface area (Å²) in [6, 6.07) is 4.11. The van der Waals surface area contributed by atoms with E-state index in [1.54, 1.807) is 0 Å². The molecule has 0 unspecified atom stereocenters. The number of β-amino-alcohol motifs (C(OH)–C–C–N with tert-alkyl or cyclic N) is 1. The fourth-order valence-corrected chi connectivity index (χ4v) is 2.40. The first-order valence-electron chi connectivity index (χ1n) is 6.59. The van der Waals surface area contributed by atoms with Crippen LogP contribution in [-0.2, 0) is 6.54 Å². The van der Waals surface area contributed by atoms with Crippen LogP contribution in [0.1, 0.15) is 19.4 Å². The van der Waals surface area contributed by atoms with Gasteiger partial charge in [-0.25, -0.2) is 0 Å². The van der Waals surface area contributed by atoms with E-state index in [0.717, 1.165) is 39.3 Å². The Morgan fingerprint density at radius 1 is 1.22 bits per heavy atom. The lowest BCUT2D eigenvalue weighted by molar-refractivity contribution is 0.0166. The summed E-state index contributed by atoms with van der Waals surface area (Å²) in [4.78, 5) is 8.92. The van der Waals surface area contributed by atoms with E-state index in [4.69, 9.17) is 0 Å². The Labute approximate surface area is 109 Å². The van der Waals surface area contributed by atoms with Crippen LogP contribution in [0.15, 0.2) is 24.5 Å². The maximum atomic E-state index is 9.81. The van der Waals surface area contributed by atoms with Crippen molar-refractivity contribution in [3.05, 3.63) is 30.1 Å². The minimum absolute atomic E-state index is 0.592. The lowest BCUT2D eigenvalue weighted by atomic mass is 10.1. The molecule has 0 atom stereocenters. The van der Waals surface area contributed by atoms with E-state index in [2.05, 4.69) is 20.9 Å². The molecule has 0 amide bonds. The standard InChI is InChI=1S/C14H23N3O/c1-14(2,18)12-17-8-6-16(7-9-17)11-13-4-3-5-15-10-13/h3-5,10,18H,6-9,11-12H2,1-2H3. The molecule has 4 heteroatoms. The highest BCUT2D eigenvalue weighted by Gasteiger charge is 2.22. The summed E-state index contributed by atoms with van der Waals surface area (Å²) in [5.74, 6) is 0. The highest BCUT2D eigenvalue weighted by Crippen LogP contribution is 2.10. The molecule has 2 rings (SSSR count). The molecule has 1 aliphatic heterocycles. The van der Waals surface area contributed by atoms with Gasteiger partial charge in [0.1, 0.15) is 0 Å². The molecular weight excluding hydrogens is 226 g/mol. The zero-order valence-electron chi connectivity index (χ0n) is 11.3. The van der Waals surface area contributed by atoms with Gasteiger partial charge in [0.2, 0.25) is 0 Å². The second kappa shape index (κ2) is 5.78. The van der Waals surface area contributed by atoms with Crippen LogP contribution in [0, 0.1) is 0 Å². The van der Waals surface area contributed by atoms with Gasteiger partial charge >= 0.3 is 0 Å². The van der Waals surface area contributed by atoms with Crippen LogP contribution in [0.25, 0.3) is 0 Å². The molecule has 1 aliphatic rings. The molecule has 100 valence electrons. The van der Waals surface area contributed by atoms with Gasteiger partial charge in [-0.15, -0.1) is 0 Å². The minimum Gasteiger partial charge on any atom is -0.389 e. The fourth-order valence-electron chi connectivity index (χ4n) is 2.40. The SMILES string of the molecule is CC(C)(O)CN1CCN(Cc2cccnc2)CC1. The van der Waals surface area contributed by atoms with Gasteiger partial charge in [-0.2, -0.15) is 0 Å². The van der Waals surface area contributed by atoms with Crippen LogP contribution >= 0.6 is 0 Å². The van der Waals surface area contributed by atoms with E-state index < -0.39 is 5.60 Å². The van der Waals surface area contributed by atoms with Gasteiger partial charge in [-0.05, 0) is 25.5 Å². The topological polar surface area (TPSA) is 39.6 Å². The molecule has 1 aromatic rings. The van der Waals surface area contributed by atoms with E-state index in [0.29, 0.717) is 0 Å². The van der Waals surface area contributed by atoms with E-state index >= 15 is 0 Å². The Morgan fingerprint density at radius 3 is 2.44 bits per heavy atom. The molecule has 0 saturated carbocycles. The maximum Gasteiger partial charge on any atom is 0.0718 e. The van der Waals surface area contributed by atoms with Gasteiger partial charge < -0.3 is 5.11 Å². The molecular formula is C14H23N3O. The quantitative estimate of drug-likeness (QED) is 0.863. The molecule has 0 bridgehead atoms. The third-order valence-corrected chi connectivity index (χ3v) is 3.20. The molecule has 1 saturated heterocycles. The number of aromatic nitrogens is 1. The van der Waals surface area contributed by atoms with Crippen LogP contribution < -0.4 is 0 Å². The summed E-state index contributed by atoms with van der Waals surface area (Å²) < 4.78 is 0. The minimum atomic E-state index is -0.592. The number of nitrogens with zero attached hydrogens (tertiary/aromatic N) is 3. The van der Waals surface area contributed by atoms with E-state index in [-0.39, 0.29) is 0 Å². The molecule has 0 aromatic carbocycles. The summed E-state index contributed by atoms with van der Waals surface area (Å²) in [6.07, 6.45) is 3.74. The predicted molar refractivity (Wildman–Crippen MR) is 72.3 cm³/mol. The number of pyridine rings is 1. The molecule has 4 nitrogen and oxygen atoms in total. The second-order valence-corrected chi connectivity index (χ2v) is 5.73. The van der Waals surface area contributed by atoms with E-state index in [1.165, 1.54) is 5.56 Å². The van der Waals surface area contributed by atoms with Crippen molar-refractivity contribution in [3.8, 4) is 0 Å². The summed E-state index contributed by atoms with van der Waals surface area (Å²) in [5, 5.41) is 9.81. The highest BCUT2D eigenvalue weighted by atomic mass is 16.3. The number of rotatable bonds is 4. The Bertz CT molecular complexity index is 353. The smallest absolute Gasteiger partial charge is 0.0718 e. The number of hydrogen-bond acceptors (Lipinski definition) is 4. The van der Waals surface area contributed by atoms with Crippen molar-refractivity contribution < 1.29 is 5.11 Å². The molecule has 0 spiro atoms. The first-order chi connectivity index (χ1) is 8.53. The normalized spacial score (nSPS) is 19.1. The van der Waals surface area contributed by atoms with Crippen LogP contribution in [-0.4, -0.2) is 58.2 Å². The van der Waals surface area contributed by atoms with Gasteiger partial charge in [-0.3, -0.25) is 14.8 Å². The second-order valence-electron chi connectivity index (χ2n) is 5.73. The molecule has 1 N–H and O–H groups in total. The van der Waals surface area contributed by atoms with Gasteiger partial charge in [0.15, 0.2) is 0 Å². The van der Waals surface area contributed by atoms with Crippen molar-refractivity contribution in [1.82, 2.24) is 14.8 Å². The largest absolute Gasteiger partial charge is 0.389 e. The first kappa shape index (κ1) is 13.5. The molecule has 1 fully saturated rings. The Morgan fingerprint density at radius 2 is 1.89 bits per heavy atom. The first-order valence-corrected chi connectivity index (χ1v) is 6.59. The van der Waals surface area contributed by atoms with Crippen molar-refractivity contribution in [2.45, 2.75) is 26.0 Å². The summed E-state index contributed by atoms with van der Waals surface area (Å²) in [7, 11) is 0. The highest BCUT2D eigenvalue weighted by molar-refractivity contribution is 5.08. The molecule has 2 heterocycles. The lowest BCUT2D eigenvalue weighted by Gasteiger charge is -2.37. The maximum absolute atomic E-state index is 9.81. The van der Waals surface area contributed by atoms with Crippen molar-refractivity contribution in [3.63, 3.8) is 0 Å². The zero-order valence-corrected chi connectivity index (χ0v) is 11.3. The molecule has 18 heavy (non-hydrogen) atoms. The summed E-state index contributed by atoms with van der Waals surface area (Å²) in [5.41, 5.74) is 0.680. The Balaban J connectivity index is 1.77. The van der Waals surface area contributed by atoms with Crippen LogP contribution in [0.4, 0.5) is 0 Å². The summed E-state index contributed by atoms with van der Waals surface area (Å²) in [6.45, 7) is 9.66. The number of hydrogen-bond donors (Lipinski definition) is 1. The third-order valence-electron chi connectivity index (χ3n) is 3.20. The number of piperazine rings is 1. The zero-order chi connectivity index (χ0) is 13.0. The van der Waals surface area contributed by atoms with Crippen LogP contribution in [0.2, 0.25) is 0 Å². The van der Waals surface area contributed by atoms with Crippen molar-refractivity contribution in [2.75, 3.05) is 32.7 Å².